The largest absolute Gasteiger partial charge is 0.388 e. The van der Waals surface area contributed by atoms with Crippen LogP contribution in [0.15, 0.2) is 42.6 Å². The Bertz CT molecular complexity index is 764. The number of pyridine rings is 1. The standard InChI is InChI=1S/C17H19N3O/c1-3-20-15(9-12(2)19-20)11-17(21)14-6-7-16-13(10-14)5-4-8-18-16/h4-10,17,21H,3,11H2,1-2H3. The van der Waals surface area contributed by atoms with E-state index in [0.717, 1.165) is 34.4 Å². The lowest BCUT2D eigenvalue weighted by atomic mass is 10.0. The highest BCUT2D eigenvalue weighted by molar-refractivity contribution is 5.79. The quantitative estimate of drug-likeness (QED) is 0.799. The Morgan fingerprint density at radius 3 is 2.90 bits per heavy atom. The zero-order valence-electron chi connectivity index (χ0n) is 12.3. The van der Waals surface area contributed by atoms with Gasteiger partial charge in [0.05, 0.1) is 17.3 Å². The molecular weight excluding hydrogens is 262 g/mol. The van der Waals surface area contributed by atoms with Crippen molar-refractivity contribution in [3.63, 3.8) is 0 Å². The molecule has 3 aromatic rings. The fourth-order valence-electron chi connectivity index (χ4n) is 2.65. The SMILES string of the molecule is CCn1nc(C)cc1CC(O)c1ccc2ncccc2c1. The number of aliphatic hydroxyl groups excluding tert-OH is 1. The lowest BCUT2D eigenvalue weighted by Crippen LogP contribution is -2.08. The maximum atomic E-state index is 10.5. The van der Waals surface area contributed by atoms with Gasteiger partial charge in [0.1, 0.15) is 0 Å². The summed E-state index contributed by atoms with van der Waals surface area (Å²) in [6.45, 7) is 4.85. The number of fused-ring (bicyclic) bond motifs is 1. The van der Waals surface area contributed by atoms with Gasteiger partial charge in [-0.3, -0.25) is 9.67 Å². The molecule has 1 atom stereocenters. The van der Waals surface area contributed by atoms with E-state index < -0.39 is 6.10 Å². The smallest absolute Gasteiger partial charge is 0.0845 e. The first-order valence-electron chi connectivity index (χ1n) is 7.23. The van der Waals surface area contributed by atoms with Crippen LogP contribution in [-0.2, 0) is 13.0 Å². The van der Waals surface area contributed by atoms with E-state index in [1.54, 1.807) is 6.20 Å². The fourth-order valence-corrected chi connectivity index (χ4v) is 2.65. The monoisotopic (exact) mass is 281 g/mol. The molecule has 21 heavy (non-hydrogen) atoms. The normalized spacial score (nSPS) is 12.7. The Morgan fingerprint density at radius 2 is 2.10 bits per heavy atom. The summed E-state index contributed by atoms with van der Waals surface area (Å²) < 4.78 is 1.95. The van der Waals surface area contributed by atoms with Gasteiger partial charge in [-0.2, -0.15) is 5.10 Å². The Morgan fingerprint density at radius 1 is 1.24 bits per heavy atom. The summed E-state index contributed by atoms with van der Waals surface area (Å²) in [5.41, 5.74) is 3.91. The van der Waals surface area contributed by atoms with E-state index in [2.05, 4.69) is 17.0 Å². The second-order valence-electron chi connectivity index (χ2n) is 5.27. The molecule has 1 aromatic carbocycles. The van der Waals surface area contributed by atoms with Crippen molar-refractivity contribution in [2.24, 2.45) is 0 Å². The molecule has 0 amide bonds. The average Bonchev–Trinajstić information content (AvgIpc) is 2.86. The maximum Gasteiger partial charge on any atom is 0.0845 e. The first-order chi connectivity index (χ1) is 10.2. The molecule has 0 aliphatic heterocycles. The molecule has 0 aliphatic rings. The van der Waals surface area contributed by atoms with Crippen LogP contribution in [0.5, 0.6) is 0 Å². The number of aromatic nitrogens is 3. The molecule has 1 unspecified atom stereocenters. The lowest BCUT2D eigenvalue weighted by Gasteiger charge is -2.12. The Balaban J connectivity index is 1.87. The third kappa shape index (κ3) is 2.81. The average molecular weight is 281 g/mol. The number of aryl methyl sites for hydroxylation is 2. The predicted octanol–water partition coefficient (Wildman–Crippen LogP) is 3.04. The number of hydrogen-bond acceptors (Lipinski definition) is 3. The zero-order valence-corrected chi connectivity index (χ0v) is 12.3. The van der Waals surface area contributed by atoms with Crippen molar-refractivity contribution in [3.05, 3.63) is 59.5 Å². The molecule has 4 nitrogen and oxygen atoms in total. The van der Waals surface area contributed by atoms with Crippen molar-refractivity contribution in [1.29, 1.82) is 0 Å². The lowest BCUT2D eigenvalue weighted by molar-refractivity contribution is 0.175. The summed E-state index contributed by atoms with van der Waals surface area (Å²) in [5.74, 6) is 0. The van der Waals surface area contributed by atoms with Crippen LogP contribution in [0.25, 0.3) is 10.9 Å². The fraction of sp³-hybridized carbons (Fsp3) is 0.294. The van der Waals surface area contributed by atoms with Crippen LogP contribution in [0.3, 0.4) is 0 Å². The Hall–Kier alpha value is -2.20. The van der Waals surface area contributed by atoms with Gasteiger partial charge in [-0.25, -0.2) is 0 Å². The highest BCUT2D eigenvalue weighted by Crippen LogP contribution is 2.22. The van der Waals surface area contributed by atoms with Gasteiger partial charge in [-0.1, -0.05) is 12.1 Å². The van der Waals surface area contributed by atoms with Crippen LogP contribution >= 0.6 is 0 Å². The van der Waals surface area contributed by atoms with Crippen molar-refractivity contribution in [2.45, 2.75) is 32.9 Å². The van der Waals surface area contributed by atoms with Gasteiger partial charge in [0, 0.05) is 30.2 Å². The molecule has 0 fully saturated rings. The molecule has 2 heterocycles. The second-order valence-corrected chi connectivity index (χ2v) is 5.27. The van der Waals surface area contributed by atoms with Gasteiger partial charge in [0.25, 0.3) is 0 Å². The number of aliphatic hydroxyl groups is 1. The molecule has 2 aromatic heterocycles. The topological polar surface area (TPSA) is 50.9 Å². The third-order valence-corrected chi connectivity index (χ3v) is 3.70. The highest BCUT2D eigenvalue weighted by Gasteiger charge is 2.13. The highest BCUT2D eigenvalue weighted by atomic mass is 16.3. The summed E-state index contributed by atoms with van der Waals surface area (Å²) in [7, 11) is 0. The molecule has 108 valence electrons. The van der Waals surface area contributed by atoms with Crippen molar-refractivity contribution < 1.29 is 5.11 Å². The first-order valence-corrected chi connectivity index (χ1v) is 7.23. The minimum atomic E-state index is -0.531. The van der Waals surface area contributed by atoms with E-state index in [0.29, 0.717) is 6.42 Å². The summed E-state index contributed by atoms with van der Waals surface area (Å²) >= 11 is 0. The minimum Gasteiger partial charge on any atom is -0.388 e. The molecule has 0 saturated heterocycles. The molecule has 0 bridgehead atoms. The third-order valence-electron chi connectivity index (χ3n) is 3.70. The van der Waals surface area contributed by atoms with Gasteiger partial charge in [-0.15, -0.1) is 0 Å². The number of hydrogen-bond donors (Lipinski definition) is 1. The van der Waals surface area contributed by atoms with E-state index >= 15 is 0 Å². The Labute approximate surface area is 124 Å². The van der Waals surface area contributed by atoms with Crippen LogP contribution in [0.2, 0.25) is 0 Å². The van der Waals surface area contributed by atoms with Crippen molar-refractivity contribution >= 4 is 10.9 Å². The van der Waals surface area contributed by atoms with Crippen molar-refractivity contribution in [2.75, 3.05) is 0 Å². The molecule has 3 rings (SSSR count). The van der Waals surface area contributed by atoms with Crippen LogP contribution in [0, 0.1) is 6.92 Å². The molecule has 0 spiro atoms. The van der Waals surface area contributed by atoms with Crippen molar-refractivity contribution in [1.82, 2.24) is 14.8 Å². The molecular formula is C17H19N3O. The van der Waals surface area contributed by atoms with E-state index in [9.17, 15) is 5.11 Å². The number of benzene rings is 1. The zero-order chi connectivity index (χ0) is 14.8. The van der Waals surface area contributed by atoms with Gasteiger partial charge in [-0.05, 0) is 43.7 Å². The van der Waals surface area contributed by atoms with E-state index in [1.165, 1.54) is 0 Å². The second kappa shape index (κ2) is 5.66. The van der Waals surface area contributed by atoms with E-state index in [-0.39, 0.29) is 0 Å². The van der Waals surface area contributed by atoms with Crippen LogP contribution < -0.4 is 0 Å². The van der Waals surface area contributed by atoms with Crippen LogP contribution in [-0.4, -0.2) is 19.9 Å². The van der Waals surface area contributed by atoms with Gasteiger partial charge < -0.3 is 5.11 Å². The van der Waals surface area contributed by atoms with Crippen LogP contribution in [0.4, 0.5) is 0 Å². The first kappa shape index (κ1) is 13.8. The van der Waals surface area contributed by atoms with Gasteiger partial charge in [0.15, 0.2) is 0 Å². The van der Waals surface area contributed by atoms with Gasteiger partial charge in [0.2, 0.25) is 0 Å². The summed E-state index contributed by atoms with van der Waals surface area (Å²) in [4.78, 5) is 4.30. The summed E-state index contributed by atoms with van der Waals surface area (Å²) in [6.07, 6.45) is 1.82. The number of rotatable bonds is 4. The van der Waals surface area contributed by atoms with E-state index in [4.69, 9.17) is 0 Å². The van der Waals surface area contributed by atoms with Gasteiger partial charge >= 0.3 is 0 Å². The predicted molar refractivity (Wildman–Crippen MR) is 83.0 cm³/mol. The maximum absolute atomic E-state index is 10.5. The number of nitrogens with zero attached hydrogens (tertiary/aromatic N) is 3. The molecule has 0 aliphatic carbocycles. The Kier molecular flexibility index (Phi) is 3.71. The van der Waals surface area contributed by atoms with E-state index in [1.807, 2.05) is 48.0 Å². The molecule has 0 saturated carbocycles. The molecule has 1 N–H and O–H groups in total. The van der Waals surface area contributed by atoms with Crippen LogP contribution in [0.1, 0.15) is 30.0 Å². The summed E-state index contributed by atoms with van der Waals surface area (Å²) in [6, 6.07) is 11.9. The van der Waals surface area contributed by atoms with Crippen molar-refractivity contribution in [3.8, 4) is 0 Å². The minimum absolute atomic E-state index is 0.531. The molecule has 0 radical (unpaired) electrons. The summed E-state index contributed by atoms with van der Waals surface area (Å²) in [5, 5.41) is 16.0. The molecule has 4 heteroatoms.